The van der Waals surface area contributed by atoms with Gasteiger partial charge in [0.05, 0.1) is 5.56 Å². The van der Waals surface area contributed by atoms with E-state index in [9.17, 15) is 13.2 Å². The summed E-state index contributed by atoms with van der Waals surface area (Å²) >= 11 is 0. The molecular weight excluding hydrogens is 265 g/mol. The summed E-state index contributed by atoms with van der Waals surface area (Å²) in [5.41, 5.74) is 7.43. The lowest BCUT2D eigenvalue weighted by molar-refractivity contribution is -0.137. The van der Waals surface area contributed by atoms with Gasteiger partial charge in [0.25, 0.3) is 0 Å². The minimum atomic E-state index is -4.30. The maximum absolute atomic E-state index is 12.5. The quantitative estimate of drug-likeness (QED) is 0.863. The molecule has 0 saturated carbocycles. The van der Waals surface area contributed by atoms with E-state index in [1.54, 1.807) is 12.1 Å². The highest BCUT2D eigenvalue weighted by Crippen LogP contribution is 2.30. The van der Waals surface area contributed by atoms with E-state index in [0.29, 0.717) is 12.2 Å². The monoisotopic (exact) mass is 280 g/mol. The molecular formula is C15H15F3N2. The molecule has 20 heavy (non-hydrogen) atoms. The Bertz CT molecular complexity index is 559. The summed E-state index contributed by atoms with van der Waals surface area (Å²) in [5.74, 6) is 0. The molecule has 0 atom stereocenters. The second-order valence-electron chi connectivity index (χ2n) is 4.64. The molecule has 2 N–H and O–H groups in total. The molecule has 2 rings (SSSR count). The molecule has 0 aliphatic heterocycles. The van der Waals surface area contributed by atoms with E-state index in [2.05, 4.69) is 0 Å². The normalized spacial score (nSPS) is 11.4. The van der Waals surface area contributed by atoms with Crippen LogP contribution in [-0.2, 0) is 12.7 Å². The van der Waals surface area contributed by atoms with Gasteiger partial charge in [0, 0.05) is 25.0 Å². The van der Waals surface area contributed by atoms with E-state index >= 15 is 0 Å². The SMILES string of the molecule is CN(Cc1ccc(N)cc1)c1ccc(C(F)(F)F)cc1. The molecule has 0 unspecified atom stereocenters. The Morgan fingerprint density at radius 3 is 2.00 bits per heavy atom. The fourth-order valence-corrected chi connectivity index (χ4v) is 1.89. The molecule has 0 spiro atoms. The maximum Gasteiger partial charge on any atom is 0.416 e. The molecule has 0 heterocycles. The van der Waals surface area contributed by atoms with Crippen molar-refractivity contribution in [3.05, 3.63) is 59.7 Å². The predicted octanol–water partition coefficient (Wildman–Crippen LogP) is 3.92. The highest BCUT2D eigenvalue weighted by atomic mass is 19.4. The van der Waals surface area contributed by atoms with Crippen LogP contribution in [-0.4, -0.2) is 7.05 Å². The van der Waals surface area contributed by atoms with Crippen LogP contribution in [0.3, 0.4) is 0 Å². The average molecular weight is 280 g/mol. The summed E-state index contributed by atoms with van der Waals surface area (Å²) in [4.78, 5) is 1.88. The average Bonchev–Trinajstić information content (AvgIpc) is 2.40. The summed E-state index contributed by atoms with van der Waals surface area (Å²) in [6.45, 7) is 0.603. The van der Waals surface area contributed by atoms with Gasteiger partial charge in [-0.05, 0) is 42.0 Å². The third-order valence-electron chi connectivity index (χ3n) is 3.03. The zero-order chi connectivity index (χ0) is 14.8. The summed E-state index contributed by atoms with van der Waals surface area (Å²) in [6, 6.07) is 12.5. The number of benzene rings is 2. The first kappa shape index (κ1) is 14.2. The van der Waals surface area contributed by atoms with E-state index in [0.717, 1.165) is 23.4 Å². The van der Waals surface area contributed by atoms with Crippen LogP contribution in [0.2, 0.25) is 0 Å². The van der Waals surface area contributed by atoms with Crippen LogP contribution in [0.25, 0.3) is 0 Å². The van der Waals surface area contributed by atoms with Crippen LogP contribution in [0.1, 0.15) is 11.1 Å². The second kappa shape index (κ2) is 5.45. The summed E-state index contributed by atoms with van der Waals surface area (Å²) in [7, 11) is 1.83. The molecule has 5 heteroatoms. The molecule has 0 bridgehead atoms. The van der Waals surface area contributed by atoms with Crippen molar-refractivity contribution in [1.29, 1.82) is 0 Å². The third kappa shape index (κ3) is 3.44. The van der Waals surface area contributed by atoms with Crippen LogP contribution in [0.4, 0.5) is 24.5 Å². The molecule has 0 radical (unpaired) electrons. The summed E-state index contributed by atoms with van der Waals surface area (Å²) in [6.07, 6.45) is -4.30. The Balaban J connectivity index is 2.09. The van der Waals surface area contributed by atoms with Crippen LogP contribution in [0.15, 0.2) is 48.5 Å². The molecule has 2 nitrogen and oxygen atoms in total. The number of alkyl halides is 3. The highest BCUT2D eigenvalue weighted by molar-refractivity contribution is 5.48. The number of nitrogens with zero attached hydrogens (tertiary/aromatic N) is 1. The molecule has 0 fully saturated rings. The van der Waals surface area contributed by atoms with Crippen LogP contribution in [0.5, 0.6) is 0 Å². The topological polar surface area (TPSA) is 29.3 Å². The molecule has 2 aromatic rings. The lowest BCUT2D eigenvalue weighted by Gasteiger charge is -2.20. The Hall–Kier alpha value is -2.17. The van der Waals surface area contributed by atoms with Crippen molar-refractivity contribution in [2.75, 3.05) is 17.7 Å². The molecule has 0 aromatic heterocycles. The zero-order valence-electron chi connectivity index (χ0n) is 11.0. The molecule has 0 aliphatic rings. The standard InChI is InChI=1S/C15H15F3N2/c1-20(10-11-2-6-13(19)7-3-11)14-8-4-12(5-9-14)15(16,17)18/h2-9H,10,19H2,1H3. The summed E-state index contributed by atoms with van der Waals surface area (Å²) in [5, 5.41) is 0. The predicted molar refractivity (Wildman–Crippen MR) is 74.4 cm³/mol. The molecule has 106 valence electrons. The molecule has 0 aliphatic carbocycles. The van der Waals surface area contributed by atoms with Crippen molar-refractivity contribution in [3.63, 3.8) is 0 Å². The number of halogens is 3. The second-order valence-corrected chi connectivity index (χ2v) is 4.64. The minimum absolute atomic E-state index is 0.603. The highest BCUT2D eigenvalue weighted by Gasteiger charge is 2.30. The van der Waals surface area contributed by atoms with Gasteiger partial charge in [-0.25, -0.2) is 0 Å². The van der Waals surface area contributed by atoms with Crippen molar-refractivity contribution >= 4 is 11.4 Å². The lowest BCUT2D eigenvalue weighted by Crippen LogP contribution is -2.16. The van der Waals surface area contributed by atoms with Gasteiger partial charge >= 0.3 is 6.18 Å². The van der Waals surface area contributed by atoms with E-state index in [-0.39, 0.29) is 0 Å². The van der Waals surface area contributed by atoms with Gasteiger partial charge < -0.3 is 10.6 Å². The first-order chi connectivity index (χ1) is 9.36. The van der Waals surface area contributed by atoms with E-state index < -0.39 is 11.7 Å². The Morgan fingerprint density at radius 2 is 1.50 bits per heavy atom. The third-order valence-corrected chi connectivity index (χ3v) is 3.03. The van der Waals surface area contributed by atoms with Crippen LogP contribution >= 0.6 is 0 Å². The fraction of sp³-hybridized carbons (Fsp3) is 0.200. The van der Waals surface area contributed by atoms with Crippen LogP contribution < -0.4 is 10.6 Å². The Kier molecular flexibility index (Phi) is 3.88. The van der Waals surface area contributed by atoms with Gasteiger partial charge in [0.2, 0.25) is 0 Å². The first-order valence-electron chi connectivity index (χ1n) is 6.09. The van der Waals surface area contributed by atoms with E-state index in [1.807, 2.05) is 24.1 Å². The number of nitrogens with two attached hydrogens (primary N) is 1. The van der Waals surface area contributed by atoms with Gasteiger partial charge in [-0.1, -0.05) is 12.1 Å². The number of hydrogen-bond donors (Lipinski definition) is 1. The van der Waals surface area contributed by atoms with Crippen LogP contribution in [0, 0.1) is 0 Å². The summed E-state index contributed by atoms with van der Waals surface area (Å²) < 4.78 is 37.4. The number of anilines is 2. The van der Waals surface area contributed by atoms with Crippen molar-refractivity contribution in [2.45, 2.75) is 12.7 Å². The van der Waals surface area contributed by atoms with Crippen molar-refractivity contribution < 1.29 is 13.2 Å². The van der Waals surface area contributed by atoms with Gasteiger partial charge in [-0.3, -0.25) is 0 Å². The fourth-order valence-electron chi connectivity index (χ4n) is 1.89. The smallest absolute Gasteiger partial charge is 0.399 e. The van der Waals surface area contributed by atoms with Crippen molar-refractivity contribution in [2.24, 2.45) is 0 Å². The van der Waals surface area contributed by atoms with E-state index in [1.165, 1.54) is 12.1 Å². The largest absolute Gasteiger partial charge is 0.416 e. The van der Waals surface area contributed by atoms with Gasteiger partial charge in [0.15, 0.2) is 0 Å². The lowest BCUT2D eigenvalue weighted by atomic mass is 10.1. The Morgan fingerprint density at radius 1 is 0.950 bits per heavy atom. The van der Waals surface area contributed by atoms with Crippen molar-refractivity contribution in [3.8, 4) is 0 Å². The first-order valence-corrected chi connectivity index (χ1v) is 6.09. The zero-order valence-corrected chi connectivity index (χ0v) is 11.0. The Labute approximate surface area is 115 Å². The number of nitrogen functional groups attached to an aromatic ring is 1. The van der Waals surface area contributed by atoms with Crippen molar-refractivity contribution in [1.82, 2.24) is 0 Å². The van der Waals surface area contributed by atoms with E-state index in [4.69, 9.17) is 5.73 Å². The maximum atomic E-state index is 12.5. The van der Waals surface area contributed by atoms with Gasteiger partial charge in [-0.15, -0.1) is 0 Å². The number of rotatable bonds is 3. The number of hydrogen-bond acceptors (Lipinski definition) is 2. The minimum Gasteiger partial charge on any atom is -0.399 e. The molecule has 0 saturated heterocycles. The van der Waals surface area contributed by atoms with Gasteiger partial charge in [0.1, 0.15) is 0 Å². The molecule has 2 aromatic carbocycles. The van der Waals surface area contributed by atoms with Gasteiger partial charge in [-0.2, -0.15) is 13.2 Å². The molecule has 0 amide bonds.